The fourth-order valence-electron chi connectivity index (χ4n) is 3.35. The van der Waals surface area contributed by atoms with Crippen molar-refractivity contribution in [1.29, 1.82) is 0 Å². The zero-order valence-electron chi connectivity index (χ0n) is 15.4. The van der Waals surface area contributed by atoms with Gasteiger partial charge in [0.1, 0.15) is 17.3 Å². The van der Waals surface area contributed by atoms with Gasteiger partial charge in [0.25, 0.3) is 11.8 Å². The third-order valence-corrected chi connectivity index (χ3v) is 5.84. The molecule has 0 unspecified atom stereocenters. The number of fused-ring (bicyclic) bond motifs is 2. The van der Waals surface area contributed by atoms with Gasteiger partial charge in [0.15, 0.2) is 0 Å². The molecule has 0 radical (unpaired) electrons. The van der Waals surface area contributed by atoms with E-state index in [0.29, 0.717) is 26.8 Å². The van der Waals surface area contributed by atoms with Crippen LogP contribution in [0.25, 0.3) is 10.1 Å². The number of rotatable bonds is 6. The molecule has 8 heteroatoms. The summed E-state index contributed by atoms with van der Waals surface area (Å²) in [6, 6.07) is 11.2. The SMILES string of the molecule is COCc1c(C(=O)OCCN2C(=O)c3ccccc3C2=O)sc2cccc(F)c12. The first kappa shape index (κ1) is 19.2. The van der Waals surface area contributed by atoms with Gasteiger partial charge >= 0.3 is 5.97 Å². The molecule has 6 nitrogen and oxygen atoms in total. The molecule has 1 aromatic heterocycles. The summed E-state index contributed by atoms with van der Waals surface area (Å²) < 4.78 is 25.3. The van der Waals surface area contributed by atoms with Crippen LogP contribution in [0.1, 0.15) is 36.0 Å². The van der Waals surface area contributed by atoms with Crippen LogP contribution in [-0.2, 0) is 16.1 Å². The van der Waals surface area contributed by atoms with Crippen LogP contribution in [0.3, 0.4) is 0 Å². The Kier molecular flexibility index (Phi) is 5.12. The van der Waals surface area contributed by atoms with Crippen molar-refractivity contribution in [2.24, 2.45) is 0 Å². The van der Waals surface area contributed by atoms with E-state index < -0.39 is 23.6 Å². The average molecular weight is 413 g/mol. The maximum absolute atomic E-state index is 14.2. The predicted molar refractivity (Wildman–Crippen MR) is 105 cm³/mol. The molecule has 4 rings (SSSR count). The number of carbonyl (C=O) groups excluding carboxylic acids is 3. The van der Waals surface area contributed by atoms with Crippen LogP contribution in [-0.4, -0.2) is 42.9 Å². The summed E-state index contributed by atoms with van der Waals surface area (Å²) in [5.41, 5.74) is 1.11. The van der Waals surface area contributed by atoms with Crippen molar-refractivity contribution in [1.82, 2.24) is 4.90 Å². The molecule has 0 saturated carbocycles. The Morgan fingerprint density at radius 1 is 1.07 bits per heavy atom. The number of amides is 2. The smallest absolute Gasteiger partial charge is 0.348 e. The topological polar surface area (TPSA) is 72.9 Å². The highest BCUT2D eigenvalue weighted by Gasteiger charge is 2.35. The minimum atomic E-state index is -0.644. The third-order valence-electron chi connectivity index (χ3n) is 4.66. The van der Waals surface area contributed by atoms with Crippen molar-refractivity contribution in [3.8, 4) is 0 Å². The summed E-state index contributed by atoms with van der Waals surface area (Å²) in [6.45, 7) is -0.159. The molecular formula is C21H16FNO5S. The van der Waals surface area contributed by atoms with Crippen molar-refractivity contribution in [3.05, 3.63) is 69.8 Å². The number of imide groups is 1. The van der Waals surface area contributed by atoms with Crippen molar-refractivity contribution in [2.45, 2.75) is 6.61 Å². The lowest BCUT2D eigenvalue weighted by Crippen LogP contribution is -2.33. The maximum Gasteiger partial charge on any atom is 0.348 e. The first-order valence-corrected chi connectivity index (χ1v) is 9.65. The van der Waals surface area contributed by atoms with E-state index in [1.165, 1.54) is 13.2 Å². The van der Waals surface area contributed by atoms with Gasteiger partial charge in [-0.1, -0.05) is 18.2 Å². The number of halogens is 1. The van der Waals surface area contributed by atoms with Gasteiger partial charge in [-0.05, 0) is 24.3 Å². The first-order valence-electron chi connectivity index (χ1n) is 8.84. The van der Waals surface area contributed by atoms with Crippen molar-refractivity contribution >= 4 is 39.2 Å². The Hall–Kier alpha value is -3.10. The zero-order chi connectivity index (χ0) is 20.5. The fourth-order valence-corrected chi connectivity index (χ4v) is 4.47. The molecule has 0 spiro atoms. The largest absolute Gasteiger partial charge is 0.460 e. The van der Waals surface area contributed by atoms with E-state index in [1.54, 1.807) is 36.4 Å². The number of thiophene rings is 1. The molecule has 0 N–H and O–H groups in total. The molecule has 0 atom stereocenters. The highest BCUT2D eigenvalue weighted by atomic mass is 32.1. The lowest BCUT2D eigenvalue weighted by Gasteiger charge is -2.13. The highest BCUT2D eigenvalue weighted by Crippen LogP contribution is 2.34. The number of esters is 1. The third kappa shape index (κ3) is 3.30. The molecule has 29 heavy (non-hydrogen) atoms. The normalized spacial score (nSPS) is 13.2. The fraction of sp³-hybridized carbons (Fsp3) is 0.190. The Morgan fingerprint density at radius 2 is 1.76 bits per heavy atom. The zero-order valence-corrected chi connectivity index (χ0v) is 16.3. The van der Waals surface area contributed by atoms with E-state index in [2.05, 4.69) is 0 Å². The van der Waals surface area contributed by atoms with E-state index in [1.807, 2.05) is 0 Å². The van der Waals surface area contributed by atoms with Gasteiger partial charge in [0, 0.05) is 22.8 Å². The second-order valence-electron chi connectivity index (χ2n) is 6.40. The lowest BCUT2D eigenvalue weighted by molar-refractivity contribution is 0.0422. The number of methoxy groups -OCH3 is 1. The van der Waals surface area contributed by atoms with Gasteiger partial charge in [-0.2, -0.15) is 0 Å². The van der Waals surface area contributed by atoms with Crippen LogP contribution < -0.4 is 0 Å². The Balaban J connectivity index is 1.49. The van der Waals surface area contributed by atoms with E-state index in [-0.39, 0.29) is 24.6 Å². The van der Waals surface area contributed by atoms with Crippen molar-refractivity contribution in [2.75, 3.05) is 20.3 Å². The van der Waals surface area contributed by atoms with E-state index in [0.717, 1.165) is 16.2 Å². The molecule has 1 aliphatic rings. The molecule has 2 amide bonds. The van der Waals surface area contributed by atoms with Crippen LogP contribution in [0.15, 0.2) is 42.5 Å². The molecule has 0 saturated heterocycles. The molecule has 2 aromatic carbocycles. The predicted octanol–water partition coefficient (Wildman–Crippen LogP) is 3.64. The van der Waals surface area contributed by atoms with Gasteiger partial charge in [-0.25, -0.2) is 9.18 Å². The quantitative estimate of drug-likeness (QED) is 0.456. The molecule has 0 bridgehead atoms. The number of benzene rings is 2. The number of hydrogen-bond donors (Lipinski definition) is 0. The van der Waals surface area contributed by atoms with Crippen LogP contribution >= 0.6 is 11.3 Å². The average Bonchev–Trinajstić information content (AvgIpc) is 3.20. The summed E-state index contributed by atoms with van der Waals surface area (Å²) >= 11 is 1.12. The highest BCUT2D eigenvalue weighted by molar-refractivity contribution is 7.21. The standard InChI is InChI=1S/C21H16FNO5S/c1-27-11-14-17-15(22)7-4-8-16(17)29-18(14)21(26)28-10-9-23-19(24)12-5-2-3-6-13(12)20(23)25/h2-8H,9-11H2,1H3. The summed E-state index contributed by atoms with van der Waals surface area (Å²) in [5.74, 6) is -1.90. The van der Waals surface area contributed by atoms with E-state index in [4.69, 9.17) is 9.47 Å². The van der Waals surface area contributed by atoms with Crippen LogP contribution in [0.2, 0.25) is 0 Å². The lowest BCUT2D eigenvalue weighted by atomic mass is 10.1. The first-order chi connectivity index (χ1) is 14.0. The van der Waals surface area contributed by atoms with E-state index >= 15 is 0 Å². The van der Waals surface area contributed by atoms with Crippen molar-refractivity contribution in [3.63, 3.8) is 0 Å². The second kappa shape index (κ2) is 7.73. The molecule has 3 aromatic rings. The van der Waals surface area contributed by atoms with Crippen molar-refractivity contribution < 1.29 is 28.2 Å². The van der Waals surface area contributed by atoms with Gasteiger partial charge in [-0.3, -0.25) is 14.5 Å². The van der Waals surface area contributed by atoms with Gasteiger partial charge in [0.2, 0.25) is 0 Å². The van der Waals surface area contributed by atoms with Gasteiger partial charge in [0.05, 0.1) is 24.3 Å². The summed E-state index contributed by atoms with van der Waals surface area (Å²) in [7, 11) is 1.46. The van der Waals surface area contributed by atoms with Crippen LogP contribution in [0.5, 0.6) is 0 Å². The second-order valence-corrected chi connectivity index (χ2v) is 7.45. The summed E-state index contributed by atoms with van der Waals surface area (Å²) in [5, 5.41) is 0.339. The monoisotopic (exact) mass is 413 g/mol. The Bertz CT molecular complexity index is 1100. The minimum Gasteiger partial charge on any atom is -0.460 e. The maximum atomic E-state index is 14.2. The minimum absolute atomic E-state index is 0.0586. The Morgan fingerprint density at radius 3 is 2.41 bits per heavy atom. The number of ether oxygens (including phenoxy) is 2. The number of carbonyl (C=O) groups is 3. The Labute approximate surface area is 169 Å². The summed E-state index contributed by atoms with van der Waals surface area (Å²) in [4.78, 5) is 38.6. The number of nitrogens with zero attached hydrogens (tertiary/aromatic N) is 1. The van der Waals surface area contributed by atoms with E-state index in [9.17, 15) is 18.8 Å². The molecule has 2 heterocycles. The van der Waals surface area contributed by atoms with Crippen LogP contribution in [0.4, 0.5) is 4.39 Å². The van der Waals surface area contributed by atoms with Crippen LogP contribution in [0, 0.1) is 5.82 Å². The molecule has 0 aliphatic carbocycles. The summed E-state index contributed by atoms with van der Waals surface area (Å²) in [6.07, 6.45) is 0. The van der Waals surface area contributed by atoms with Gasteiger partial charge in [-0.15, -0.1) is 11.3 Å². The van der Waals surface area contributed by atoms with Gasteiger partial charge < -0.3 is 9.47 Å². The molecule has 148 valence electrons. The molecule has 1 aliphatic heterocycles. The number of hydrogen-bond acceptors (Lipinski definition) is 6. The molecule has 0 fully saturated rings. The molecular weight excluding hydrogens is 397 g/mol.